The second kappa shape index (κ2) is 4.79. The highest BCUT2D eigenvalue weighted by Gasteiger charge is 2.47. The quantitative estimate of drug-likeness (QED) is 0.493. The minimum Gasteiger partial charge on any atom is -0.479 e. The summed E-state index contributed by atoms with van der Waals surface area (Å²) >= 11 is 0. The van der Waals surface area contributed by atoms with Gasteiger partial charge in [0.05, 0.1) is 0 Å². The van der Waals surface area contributed by atoms with Crippen molar-refractivity contribution in [2.45, 2.75) is 18.5 Å². The molecule has 0 aromatic rings. The first kappa shape index (κ1) is 11.5. The highest BCUT2D eigenvalue weighted by atomic mass is 16.7. The molecule has 1 rings (SSSR count). The topological polar surface area (TPSA) is 93.1 Å². The van der Waals surface area contributed by atoms with Gasteiger partial charge in [0, 0.05) is 6.32 Å². The summed E-state index contributed by atoms with van der Waals surface area (Å²) in [5.41, 5.74) is 2.45. The SMILES string of the molecule is C=C=CCB1OC(C(=O)O)C(C(=O)O)O1. The van der Waals surface area contributed by atoms with Crippen LogP contribution in [0.4, 0.5) is 0 Å². The van der Waals surface area contributed by atoms with E-state index in [2.05, 4.69) is 12.3 Å². The van der Waals surface area contributed by atoms with Crippen LogP contribution in [0.5, 0.6) is 0 Å². The third-order valence-corrected chi connectivity index (χ3v) is 1.81. The van der Waals surface area contributed by atoms with E-state index in [1.54, 1.807) is 0 Å². The van der Waals surface area contributed by atoms with Crippen LogP contribution >= 0.6 is 0 Å². The number of carboxylic acid groups (broad SMARTS) is 2. The van der Waals surface area contributed by atoms with Crippen molar-refractivity contribution >= 4 is 19.1 Å². The Morgan fingerprint density at radius 1 is 1.33 bits per heavy atom. The maximum atomic E-state index is 10.6. The highest BCUT2D eigenvalue weighted by Crippen LogP contribution is 2.19. The van der Waals surface area contributed by atoms with Crippen LogP contribution in [0.1, 0.15) is 0 Å². The Morgan fingerprint density at radius 2 is 1.80 bits per heavy atom. The first-order valence-electron chi connectivity index (χ1n) is 4.17. The number of rotatable bonds is 4. The fraction of sp³-hybridized carbons (Fsp3) is 0.375. The second-order valence-electron chi connectivity index (χ2n) is 2.86. The van der Waals surface area contributed by atoms with Gasteiger partial charge in [-0.25, -0.2) is 9.59 Å². The third kappa shape index (κ3) is 2.70. The van der Waals surface area contributed by atoms with E-state index in [1.165, 1.54) is 6.08 Å². The zero-order chi connectivity index (χ0) is 11.4. The third-order valence-electron chi connectivity index (χ3n) is 1.81. The lowest BCUT2D eigenvalue weighted by Gasteiger charge is -2.08. The number of aliphatic carboxylic acids is 2. The van der Waals surface area contributed by atoms with Crippen LogP contribution in [-0.4, -0.2) is 41.5 Å². The van der Waals surface area contributed by atoms with Crippen LogP contribution in [0.15, 0.2) is 18.4 Å². The molecule has 1 aliphatic heterocycles. The van der Waals surface area contributed by atoms with Gasteiger partial charge in [-0.15, -0.1) is 5.73 Å². The predicted molar refractivity (Wildman–Crippen MR) is 49.3 cm³/mol. The minimum atomic E-state index is -1.47. The average molecular weight is 212 g/mol. The van der Waals surface area contributed by atoms with Crippen molar-refractivity contribution in [1.82, 2.24) is 0 Å². The standard InChI is InChI=1S/C8H9BO6/c1-2-3-4-9-14-5(7(10)11)6(15-9)8(12)13/h3,5-6H,1,4H2,(H,10,11)(H,12,13). The Morgan fingerprint density at radius 3 is 2.13 bits per heavy atom. The minimum absolute atomic E-state index is 0.219. The smallest absolute Gasteiger partial charge is 0.462 e. The number of carbonyl (C=O) groups is 2. The molecule has 6 nitrogen and oxygen atoms in total. The van der Waals surface area contributed by atoms with E-state index in [4.69, 9.17) is 19.5 Å². The van der Waals surface area contributed by atoms with Gasteiger partial charge in [0.25, 0.3) is 0 Å². The Balaban J connectivity index is 2.68. The van der Waals surface area contributed by atoms with Gasteiger partial charge >= 0.3 is 19.1 Å². The van der Waals surface area contributed by atoms with Crippen LogP contribution < -0.4 is 0 Å². The number of hydrogen-bond donors (Lipinski definition) is 2. The molecule has 2 atom stereocenters. The predicted octanol–water partition coefficient (Wildman–Crippen LogP) is -0.231. The number of allylic oxidation sites excluding steroid dienone is 1. The summed E-state index contributed by atoms with van der Waals surface area (Å²) in [6.07, 6.45) is -1.23. The molecule has 0 bridgehead atoms. The molecule has 1 saturated heterocycles. The molecular weight excluding hydrogens is 203 g/mol. The van der Waals surface area contributed by atoms with Gasteiger partial charge in [-0.1, -0.05) is 6.58 Å². The molecule has 1 fully saturated rings. The highest BCUT2D eigenvalue weighted by molar-refractivity contribution is 6.46. The molecule has 2 unspecified atom stereocenters. The molecule has 0 radical (unpaired) electrons. The molecule has 1 aliphatic rings. The van der Waals surface area contributed by atoms with Crippen molar-refractivity contribution in [3.8, 4) is 0 Å². The molecule has 0 aliphatic carbocycles. The molecule has 0 aromatic carbocycles. The normalized spacial score (nSPS) is 24.7. The van der Waals surface area contributed by atoms with Crippen molar-refractivity contribution in [3.05, 3.63) is 18.4 Å². The van der Waals surface area contributed by atoms with Crippen molar-refractivity contribution < 1.29 is 29.1 Å². The van der Waals surface area contributed by atoms with E-state index >= 15 is 0 Å². The second-order valence-corrected chi connectivity index (χ2v) is 2.86. The van der Waals surface area contributed by atoms with Crippen LogP contribution in [0.3, 0.4) is 0 Å². The molecule has 2 N–H and O–H groups in total. The summed E-state index contributed by atoms with van der Waals surface area (Å²) in [6.45, 7) is 3.31. The first-order valence-corrected chi connectivity index (χ1v) is 4.17. The molecule has 0 aromatic heterocycles. The van der Waals surface area contributed by atoms with E-state index in [0.29, 0.717) is 0 Å². The first-order chi connectivity index (χ1) is 7.06. The lowest BCUT2D eigenvalue weighted by molar-refractivity contribution is -0.156. The van der Waals surface area contributed by atoms with Crippen LogP contribution in [0.25, 0.3) is 0 Å². The van der Waals surface area contributed by atoms with E-state index in [-0.39, 0.29) is 6.32 Å². The van der Waals surface area contributed by atoms with E-state index < -0.39 is 31.3 Å². The van der Waals surface area contributed by atoms with Gasteiger partial charge in [-0.3, -0.25) is 0 Å². The molecule has 0 saturated carbocycles. The number of carboxylic acids is 2. The maximum Gasteiger partial charge on any atom is 0.462 e. The Hall–Kier alpha value is -1.56. The molecule has 0 amide bonds. The van der Waals surface area contributed by atoms with Crippen LogP contribution in [0, 0.1) is 0 Å². The van der Waals surface area contributed by atoms with Gasteiger partial charge in [-0.05, 0) is 6.08 Å². The van der Waals surface area contributed by atoms with Gasteiger partial charge in [0.1, 0.15) is 0 Å². The van der Waals surface area contributed by atoms with Gasteiger partial charge in [0.2, 0.25) is 0 Å². The molecule has 15 heavy (non-hydrogen) atoms. The van der Waals surface area contributed by atoms with Crippen molar-refractivity contribution in [1.29, 1.82) is 0 Å². The Kier molecular flexibility index (Phi) is 3.68. The fourth-order valence-electron chi connectivity index (χ4n) is 1.17. The zero-order valence-corrected chi connectivity index (χ0v) is 7.75. The van der Waals surface area contributed by atoms with Gasteiger partial charge in [0.15, 0.2) is 12.2 Å². The molecule has 7 heteroatoms. The lowest BCUT2D eigenvalue weighted by Crippen LogP contribution is -2.36. The van der Waals surface area contributed by atoms with Gasteiger partial charge in [-0.2, -0.15) is 0 Å². The van der Waals surface area contributed by atoms with E-state index in [1.807, 2.05) is 0 Å². The zero-order valence-electron chi connectivity index (χ0n) is 7.75. The Bertz CT molecular complexity index is 299. The molecular formula is C8H9BO6. The molecule has 1 heterocycles. The summed E-state index contributed by atoms with van der Waals surface area (Å²) in [5, 5.41) is 17.3. The van der Waals surface area contributed by atoms with E-state index in [0.717, 1.165) is 0 Å². The molecule has 80 valence electrons. The molecule has 0 spiro atoms. The van der Waals surface area contributed by atoms with Gasteiger partial charge < -0.3 is 19.5 Å². The Labute approximate surface area is 85.9 Å². The van der Waals surface area contributed by atoms with Crippen LogP contribution in [0.2, 0.25) is 6.32 Å². The summed E-state index contributed by atoms with van der Waals surface area (Å²) in [4.78, 5) is 21.3. The van der Waals surface area contributed by atoms with Crippen LogP contribution in [-0.2, 0) is 18.9 Å². The monoisotopic (exact) mass is 212 g/mol. The summed E-state index contributed by atoms with van der Waals surface area (Å²) in [7, 11) is -0.874. The largest absolute Gasteiger partial charge is 0.479 e. The number of hydrogen-bond acceptors (Lipinski definition) is 4. The summed E-state index contributed by atoms with van der Waals surface area (Å²) < 4.78 is 9.79. The lowest BCUT2D eigenvalue weighted by atomic mass is 9.85. The fourth-order valence-corrected chi connectivity index (χ4v) is 1.17. The van der Waals surface area contributed by atoms with Crippen molar-refractivity contribution in [2.75, 3.05) is 0 Å². The van der Waals surface area contributed by atoms with Crippen molar-refractivity contribution in [3.63, 3.8) is 0 Å². The average Bonchev–Trinajstić information content (AvgIpc) is 2.58. The maximum absolute atomic E-state index is 10.6. The summed E-state index contributed by atoms with van der Waals surface area (Å²) in [6, 6.07) is 0. The summed E-state index contributed by atoms with van der Waals surface area (Å²) in [5.74, 6) is -2.71. The van der Waals surface area contributed by atoms with Crippen molar-refractivity contribution in [2.24, 2.45) is 0 Å². The van der Waals surface area contributed by atoms with E-state index in [9.17, 15) is 9.59 Å².